The van der Waals surface area contributed by atoms with Gasteiger partial charge in [-0.25, -0.2) is 0 Å². The highest BCUT2D eigenvalue weighted by Crippen LogP contribution is 2.15. The van der Waals surface area contributed by atoms with Gasteiger partial charge in [0.05, 0.1) is 0 Å². The molecule has 0 radical (unpaired) electrons. The van der Waals surface area contributed by atoms with Gasteiger partial charge in [0.25, 0.3) is 0 Å². The lowest BCUT2D eigenvalue weighted by atomic mass is 10.0. The molecule has 0 spiro atoms. The molecule has 14 N–H and O–H groups in total. The Hall–Kier alpha value is -7.42. The van der Waals surface area contributed by atoms with E-state index < -0.39 is 143 Å². The maximum atomic E-state index is 14.3. The van der Waals surface area contributed by atoms with Crippen molar-refractivity contribution in [3.63, 3.8) is 0 Å². The number of hydrogen-bond acceptors (Lipinski definition) is 14. The molecule has 0 aromatic heterocycles. The summed E-state index contributed by atoms with van der Waals surface area (Å²) in [6.07, 6.45) is 18.7. The lowest BCUT2D eigenvalue weighted by Gasteiger charge is -2.28. The highest BCUT2D eigenvalue weighted by Gasteiger charge is 2.36. The molecular weight excluding hydrogens is 1300 g/mol. The van der Waals surface area contributed by atoms with Crippen LogP contribution in [-0.4, -0.2) is 168 Å². The van der Waals surface area contributed by atoms with E-state index in [2.05, 4.69) is 74.4 Å². The van der Waals surface area contributed by atoms with Crippen LogP contribution in [-0.2, 0) is 67.1 Å². The third-order valence-electron chi connectivity index (χ3n) is 18.4. The minimum Gasteiger partial charge on any atom is -0.356 e. The molecule has 2 aliphatic heterocycles. The molecule has 2 rings (SSSR count). The van der Waals surface area contributed by atoms with Crippen molar-refractivity contribution in [2.24, 2.45) is 0 Å². The molecule has 0 saturated carbocycles. The summed E-state index contributed by atoms with van der Waals surface area (Å²) in [7, 11) is 0. The Labute approximate surface area is 601 Å². The monoisotopic (exact) mass is 1430 g/mol. The number of hydrogen-bond donors (Lipinski definition) is 14. The first-order valence-electron chi connectivity index (χ1n) is 38.5. The van der Waals surface area contributed by atoms with Gasteiger partial charge >= 0.3 is 0 Å². The summed E-state index contributed by atoms with van der Waals surface area (Å²) in [5.74, 6) is -7.71. The third-order valence-corrected chi connectivity index (χ3v) is 18.4. The second kappa shape index (κ2) is 52.5. The molecule has 14 amide bonds. The fourth-order valence-corrected chi connectivity index (χ4v) is 11.9. The maximum absolute atomic E-state index is 14.3. The molecule has 0 aliphatic carbocycles. The fraction of sp³-hybridized carbons (Fsp3) is 0.808. The normalized spacial score (nSPS) is 24.5. The van der Waals surface area contributed by atoms with Gasteiger partial charge in [0.2, 0.25) is 82.7 Å². The van der Waals surface area contributed by atoms with Crippen LogP contribution in [0.3, 0.4) is 0 Å². The van der Waals surface area contributed by atoms with E-state index in [0.717, 1.165) is 77.0 Å². The zero-order valence-corrected chi connectivity index (χ0v) is 62.8. The highest BCUT2D eigenvalue weighted by atomic mass is 16.2. The van der Waals surface area contributed by atoms with Gasteiger partial charge in [-0.05, 0) is 118 Å². The summed E-state index contributed by atoms with van der Waals surface area (Å²) >= 11 is 0. The average Bonchev–Trinajstić information content (AvgIpc) is 0.900. The van der Waals surface area contributed by atoms with Gasteiger partial charge in [-0.2, -0.15) is 0 Å². The Morgan fingerprint density at radius 3 is 0.584 bits per heavy atom. The van der Waals surface area contributed by atoms with Crippen LogP contribution in [0.25, 0.3) is 0 Å². The molecule has 2 saturated heterocycles. The Balaban J connectivity index is 2.11. The van der Waals surface area contributed by atoms with Gasteiger partial charge in [-0.3, -0.25) is 67.1 Å². The molecule has 28 heteroatoms. The Morgan fingerprint density at radius 2 is 0.396 bits per heavy atom. The molecule has 576 valence electrons. The lowest BCUT2D eigenvalue weighted by molar-refractivity contribution is -0.136. The van der Waals surface area contributed by atoms with Crippen molar-refractivity contribution < 1.29 is 67.1 Å². The summed E-state index contributed by atoms with van der Waals surface area (Å²) in [6, 6.07) is -12.9. The molecule has 0 aromatic rings. The standard InChI is InChI=1S/C73H130N14O14/c1-11-17-24-36-52-66(94)76-50(9)64(92)82-56(40-28-21-15-5)70(98)86-58(72(100)84-54(38-26-19-13-3)68(96)78-48(7)62(90)80-52)42-32-34-46-74-60(88)44-30-23-31-45-61(89)75-47-35-33-43-59-73(101)85-55(39-27-20-14-4)69(97)79-49(8)63(91)81-53(37-25-18-12-2)67(95)77-51(10)65(93)83-57(71(99)87-59)41-29-22-16-6/h48-59H,11-47H2,1-10H3,(H,74,88)(H,75,89)(H,76,94)(H,77,95)(H,78,96)(H,79,97)(H,80,90)(H,81,91)(H,82,92)(H,83,93)(H,84,100)(H,85,101)(H,86,98)(H,87,99)/t48-,49-,50-,51-,52+,53+,54+,55+,56+,57+,58-,59-/m1/s1. The van der Waals surface area contributed by atoms with Gasteiger partial charge < -0.3 is 74.4 Å². The van der Waals surface area contributed by atoms with E-state index in [0.29, 0.717) is 96.3 Å². The first kappa shape index (κ1) is 89.7. The minimum atomic E-state index is -1.15. The van der Waals surface area contributed by atoms with E-state index in [1.807, 2.05) is 41.5 Å². The van der Waals surface area contributed by atoms with Crippen molar-refractivity contribution in [1.82, 2.24) is 74.4 Å². The number of carbonyl (C=O) groups is 14. The van der Waals surface area contributed by atoms with Gasteiger partial charge in [0, 0.05) is 25.9 Å². The van der Waals surface area contributed by atoms with E-state index >= 15 is 0 Å². The van der Waals surface area contributed by atoms with Gasteiger partial charge in [0.15, 0.2) is 0 Å². The maximum Gasteiger partial charge on any atom is 0.243 e. The predicted molar refractivity (Wildman–Crippen MR) is 388 cm³/mol. The molecule has 28 nitrogen and oxygen atoms in total. The number of unbranched alkanes of at least 4 members (excludes halogenated alkanes) is 16. The average molecular weight is 1430 g/mol. The first-order valence-corrected chi connectivity index (χ1v) is 38.5. The second-order valence-electron chi connectivity index (χ2n) is 27.6. The smallest absolute Gasteiger partial charge is 0.243 e. The molecule has 0 bridgehead atoms. The van der Waals surface area contributed by atoms with Gasteiger partial charge in [-0.1, -0.05) is 164 Å². The van der Waals surface area contributed by atoms with Crippen LogP contribution in [0.5, 0.6) is 0 Å². The van der Waals surface area contributed by atoms with E-state index in [1.54, 1.807) is 0 Å². The molecule has 2 heterocycles. The van der Waals surface area contributed by atoms with E-state index in [9.17, 15) is 67.1 Å². The Morgan fingerprint density at radius 1 is 0.228 bits per heavy atom. The number of amides is 14. The van der Waals surface area contributed by atoms with E-state index in [-0.39, 0.29) is 76.3 Å². The Kier molecular flexibility index (Phi) is 46.6. The highest BCUT2D eigenvalue weighted by molar-refractivity contribution is 6.00. The van der Waals surface area contributed by atoms with Crippen molar-refractivity contribution in [1.29, 1.82) is 0 Å². The molecule has 12 atom stereocenters. The van der Waals surface area contributed by atoms with Gasteiger partial charge in [-0.15, -0.1) is 0 Å². The van der Waals surface area contributed by atoms with Crippen LogP contribution in [0.4, 0.5) is 0 Å². The topological polar surface area (TPSA) is 407 Å². The SMILES string of the molecule is CCCCC[C@@H]1NC(=O)[C@@H](C)NC(=O)[C@H](CCCCC)NC(=O)[C@@H](CCCCNC(=O)CCCCCC(=O)NCCCC[C@H]2NC(=O)[C@H](CCCCC)NC(=O)[C@@H](C)NC(=O)[C@H](CCCCC)NC(=O)[C@@H](C)NC(=O)[C@H](CCCCC)NC2=O)NC(=O)[C@H](CCCCC)NC(=O)[C@@H](C)NC1=O. The zero-order valence-electron chi connectivity index (χ0n) is 62.8. The largest absolute Gasteiger partial charge is 0.356 e. The van der Waals surface area contributed by atoms with E-state index in [1.165, 1.54) is 27.7 Å². The fourth-order valence-electron chi connectivity index (χ4n) is 11.9. The molecule has 2 fully saturated rings. The minimum absolute atomic E-state index is 0.116. The predicted octanol–water partition coefficient (Wildman–Crippen LogP) is 4.92. The number of carbonyl (C=O) groups excluding carboxylic acids is 14. The van der Waals surface area contributed by atoms with E-state index in [4.69, 9.17) is 0 Å². The quantitative estimate of drug-likeness (QED) is 0.0363. The van der Waals surface area contributed by atoms with Crippen LogP contribution in [0, 0.1) is 0 Å². The van der Waals surface area contributed by atoms with Crippen LogP contribution >= 0.6 is 0 Å². The summed E-state index contributed by atoms with van der Waals surface area (Å²) in [4.78, 5) is 192. The van der Waals surface area contributed by atoms with Crippen molar-refractivity contribution in [2.45, 2.75) is 366 Å². The first-order chi connectivity index (χ1) is 48.3. The molecule has 101 heavy (non-hydrogen) atoms. The Bertz CT molecular complexity index is 2410. The van der Waals surface area contributed by atoms with Crippen LogP contribution in [0.1, 0.15) is 294 Å². The summed E-state index contributed by atoms with van der Waals surface area (Å²) in [5, 5.41) is 39.0. The molecule has 2 aliphatic rings. The van der Waals surface area contributed by atoms with Crippen LogP contribution in [0.2, 0.25) is 0 Å². The zero-order chi connectivity index (χ0) is 75.1. The second-order valence-corrected chi connectivity index (χ2v) is 27.6. The van der Waals surface area contributed by atoms with Crippen molar-refractivity contribution in [3.05, 3.63) is 0 Å². The third kappa shape index (κ3) is 37.4. The number of rotatable bonds is 40. The van der Waals surface area contributed by atoms with Crippen molar-refractivity contribution >= 4 is 82.7 Å². The summed E-state index contributed by atoms with van der Waals surface area (Å²) < 4.78 is 0. The summed E-state index contributed by atoms with van der Waals surface area (Å²) in [5.41, 5.74) is 0. The van der Waals surface area contributed by atoms with Crippen molar-refractivity contribution in [3.8, 4) is 0 Å². The molecule has 0 unspecified atom stereocenters. The molecular formula is C73H130N14O14. The van der Waals surface area contributed by atoms with Crippen LogP contribution < -0.4 is 74.4 Å². The lowest BCUT2D eigenvalue weighted by Crippen LogP contribution is -2.60. The number of nitrogens with one attached hydrogen (secondary N) is 14. The molecule has 0 aromatic carbocycles. The van der Waals surface area contributed by atoms with Gasteiger partial charge in [0.1, 0.15) is 72.5 Å². The van der Waals surface area contributed by atoms with Crippen LogP contribution in [0.15, 0.2) is 0 Å². The summed E-state index contributed by atoms with van der Waals surface area (Å²) in [6.45, 7) is 18.5. The van der Waals surface area contributed by atoms with Crippen molar-refractivity contribution in [2.75, 3.05) is 13.1 Å².